The van der Waals surface area contributed by atoms with Gasteiger partial charge in [-0.15, -0.1) is 9.24 Å². The maximum absolute atomic E-state index is 13.0. The zero-order valence-electron chi connectivity index (χ0n) is 7.70. The van der Waals surface area contributed by atoms with Crippen LogP contribution in [-0.4, -0.2) is 6.16 Å². The molecule has 0 spiro atoms. The van der Waals surface area contributed by atoms with E-state index in [1.54, 1.807) is 0 Å². The van der Waals surface area contributed by atoms with Crippen molar-refractivity contribution in [2.75, 3.05) is 6.16 Å². The van der Waals surface area contributed by atoms with Crippen LogP contribution in [0.2, 0.25) is 0 Å². The molecular weight excluding hydrogens is 177 g/mol. The summed E-state index contributed by atoms with van der Waals surface area (Å²) in [6.45, 7) is 5.16. The Labute approximate surface area is 74.9 Å². The van der Waals surface area contributed by atoms with Gasteiger partial charge < -0.3 is 0 Å². The van der Waals surface area contributed by atoms with Gasteiger partial charge in [0.25, 0.3) is 0 Å². The number of halogens is 2. The van der Waals surface area contributed by atoms with E-state index in [0.29, 0.717) is 0 Å². The molecule has 12 heavy (non-hydrogen) atoms. The molecule has 0 aliphatic heterocycles. The largest absolute Gasteiger partial charge is 0.211 e. The first-order chi connectivity index (χ1) is 5.49. The molecule has 0 rings (SSSR count). The fourth-order valence-electron chi connectivity index (χ4n) is 0.700. The second kappa shape index (κ2) is 5.42. The van der Waals surface area contributed by atoms with Crippen molar-refractivity contribution in [1.29, 1.82) is 0 Å². The standard InChI is InChI=1S/C9H15F2P/c1-6(2)4-8(10)7(3)9(11)5-12/h4,6H,5,12H2,1-3H3/b8-4+,9-7+. The minimum absolute atomic E-state index is 0.109. The van der Waals surface area contributed by atoms with E-state index in [1.165, 1.54) is 13.0 Å². The van der Waals surface area contributed by atoms with E-state index in [-0.39, 0.29) is 17.7 Å². The lowest BCUT2D eigenvalue weighted by molar-refractivity contribution is 0.589. The summed E-state index contributed by atoms with van der Waals surface area (Å²) in [4.78, 5) is 0. The molecule has 0 amide bonds. The maximum Gasteiger partial charge on any atom is 0.124 e. The molecule has 0 saturated carbocycles. The molecule has 0 aromatic rings. The topological polar surface area (TPSA) is 0 Å². The minimum atomic E-state index is -0.454. The summed E-state index contributed by atoms with van der Waals surface area (Å²) in [7, 11) is 2.23. The van der Waals surface area contributed by atoms with Gasteiger partial charge in [0.2, 0.25) is 0 Å². The molecule has 0 fully saturated rings. The Morgan fingerprint density at radius 2 is 1.92 bits per heavy atom. The van der Waals surface area contributed by atoms with Gasteiger partial charge in [0.15, 0.2) is 0 Å². The molecule has 0 radical (unpaired) electrons. The summed E-state index contributed by atoms with van der Waals surface area (Å²) in [6.07, 6.45) is 1.58. The lowest BCUT2D eigenvalue weighted by atomic mass is 10.1. The van der Waals surface area contributed by atoms with Crippen molar-refractivity contribution in [3.8, 4) is 0 Å². The van der Waals surface area contributed by atoms with Crippen LogP contribution in [0.15, 0.2) is 23.3 Å². The molecule has 0 N–H and O–H groups in total. The number of allylic oxidation sites excluding steroid dienone is 4. The van der Waals surface area contributed by atoms with E-state index in [2.05, 4.69) is 9.24 Å². The highest BCUT2D eigenvalue weighted by Crippen LogP contribution is 2.19. The van der Waals surface area contributed by atoms with Crippen molar-refractivity contribution in [3.05, 3.63) is 23.3 Å². The monoisotopic (exact) mass is 192 g/mol. The molecule has 0 aromatic carbocycles. The summed E-state index contributed by atoms with van der Waals surface area (Å²) in [5.74, 6) is -0.753. The van der Waals surface area contributed by atoms with Gasteiger partial charge in [-0.25, -0.2) is 8.78 Å². The molecule has 0 nitrogen and oxygen atoms in total. The highest BCUT2D eigenvalue weighted by Gasteiger charge is 2.05. The van der Waals surface area contributed by atoms with Crippen molar-refractivity contribution in [2.24, 2.45) is 5.92 Å². The first-order valence-corrected chi connectivity index (χ1v) is 4.73. The third-order valence-corrected chi connectivity index (χ3v) is 1.78. The molecule has 0 aliphatic carbocycles. The Hall–Kier alpha value is -0.230. The van der Waals surface area contributed by atoms with Gasteiger partial charge in [-0.2, -0.15) is 0 Å². The summed E-state index contributed by atoms with van der Waals surface area (Å²) >= 11 is 0. The summed E-state index contributed by atoms with van der Waals surface area (Å²) in [5.41, 5.74) is 0.110. The fraction of sp³-hybridized carbons (Fsp3) is 0.556. The van der Waals surface area contributed by atoms with Crippen LogP contribution in [0.3, 0.4) is 0 Å². The van der Waals surface area contributed by atoms with Gasteiger partial charge in [0.05, 0.1) is 0 Å². The Morgan fingerprint density at radius 1 is 1.42 bits per heavy atom. The average Bonchev–Trinajstić information content (AvgIpc) is 2.00. The van der Waals surface area contributed by atoms with Crippen LogP contribution in [0.4, 0.5) is 8.78 Å². The lowest BCUT2D eigenvalue weighted by Gasteiger charge is -2.01. The first kappa shape index (κ1) is 11.8. The van der Waals surface area contributed by atoms with E-state index >= 15 is 0 Å². The van der Waals surface area contributed by atoms with Gasteiger partial charge in [0.1, 0.15) is 11.7 Å². The zero-order valence-corrected chi connectivity index (χ0v) is 8.85. The average molecular weight is 192 g/mol. The zero-order chi connectivity index (χ0) is 9.72. The molecule has 0 aliphatic rings. The normalized spacial score (nSPS) is 15.1. The van der Waals surface area contributed by atoms with Gasteiger partial charge in [-0.3, -0.25) is 0 Å². The molecule has 0 aromatic heterocycles. The van der Waals surface area contributed by atoms with Crippen LogP contribution in [0.1, 0.15) is 20.8 Å². The second-order valence-electron chi connectivity index (χ2n) is 2.99. The van der Waals surface area contributed by atoms with Crippen LogP contribution < -0.4 is 0 Å². The highest BCUT2D eigenvalue weighted by molar-refractivity contribution is 7.16. The first-order valence-electron chi connectivity index (χ1n) is 3.92. The van der Waals surface area contributed by atoms with E-state index in [1.807, 2.05) is 13.8 Å². The predicted molar refractivity (Wildman–Crippen MR) is 52.4 cm³/mol. The van der Waals surface area contributed by atoms with E-state index in [9.17, 15) is 8.78 Å². The highest BCUT2D eigenvalue weighted by atomic mass is 31.0. The second-order valence-corrected chi connectivity index (χ2v) is 3.40. The quantitative estimate of drug-likeness (QED) is 0.473. The number of hydrogen-bond donors (Lipinski definition) is 0. The van der Waals surface area contributed by atoms with Crippen molar-refractivity contribution >= 4 is 9.24 Å². The third kappa shape index (κ3) is 3.96. The summed E-state index contributed by atoms with van der Waals surface area (Å²) in [5, 5.41) is 0. The van der Waals surface area contributed by atoms with Crippen LogP contribution in [0.25, 0.3) is 0 Å². The lowest BCUT2D eigenvalue weighted by Crippen LogP contribution is -1.88. The fourth-order valence-corrected chi connectivity index (χ4v) is 1.01. The Kier molecular flexibility index (Phi) is 5.32. The third-order valence-electron chi connectivity index (χ3n) is 1.42. The molecule has 1 unspecified atom stereocenters. The summed E-state index contributed by atoms with van der Waals surface area (Å²) < 4.78 is 25.8. The Morgan fingerprint density at radius 3 is 2.25 bits per heavy atom. The maximum atomic E-state index is 13.0. The van der Waals surface area contributed by atoms with Gasteiger partial charge in [0, 0.05) is 11.7 Å². The molecule has 0 saturated heterocycles. The molecule has 1 atom stereocenters. The van der Waals surface area contributed by atoms with E-state index < -0.39 is 11.7 Å². The van der Waals surface area contributed by atoms with E-state index in [4.69, 9.17) is 0 Å². The van der Waals surface area contributed by atoms with Gasteiger partial charge >= 0.3 is 0 Å². The molecule has 0 bridgehead atoms. The van der Waals surface area contributed by atoms with Gasteiger partial charge in [-0.05, 0) is 18.9 Å². The molecule has 70 valence electrons. The van der Waals surface area contributed by atoms with Crippen LogP contribution in [0.5, 0.6) is 0 Å². The van der Waals surface area contributed by atoms with Crippen molar-refractivity contribution < 1.29 is 8.78 Å². The Balaban J connectivity index is 4.59. The smallest absolute Gasteiger partial charge is 0.124 e. The Bertz CT molecular complexity index is 205. The summed E-state index contributed by atoms with van der Waals surface area (Å²) in [6, 6.07) is 0. The minimum Gasteiger partial charge on any atom is -0.211 e. The van der Waals surface area contributed by atoms with Crippen LogP contribution in [-0.2, 0) is 0 Å². The predicted octanol–water partition coefficient (Wildman–Crippen LogP) is 3.61. The van der Waals surface area contributed by atoms with Crippen molar-refractivity contribution in [2.45, 2.75) is 20.8 Å². The van der Waals surface area contributed by atoms with E-state index in [0.717, 1.165) is 0 Å². The van der Waals surface area contributed by atoms with Crippen molar-refractivity contribution in [3.63, 3.8) is 0 Å². The molecular formula is C9H15F2P. The van der Waals surface area contributed by atoms with Gasteiger partial charge in [-0.1, -0.05) is 13.8 Å². The molecule has 0 heterocycles. The SMILES string of the molecule is CC(/C(F)=C\C(C)C)=C(\F)CP. The number of rotatable bonds is 3. The van der Waals surface area contributed by atoms with Crippen LogP contribution >= 0.6 is 9.24 Å². The molecule has 3 heteroatoms. The van der Waals surface area contributed by atoms with Crippen molar-refractivity contribution in [1.82, 2.24) is 0 Å². The number of hydrogen-bond acceptors (Lipinski definition) is 0. The van der Waals surface area contributed by atoms with Crippen LogP contribution in [0, 0.1) is 5.92 Å².